The van der Waals surface area contributed by atoms with Crippen molar-refractivity contribution in [3.63, 3.8) is 0 Å². The van der Waals surface area contributed by atoms with Gasteiger partial charge in [0, 0.05) is 46.4 Å². The van der Waals surface area contributed by atoms with Crippen LogP contribution >= 0.6 is 0 Å². The summed E-state index contributed by atoms with van der Waals surface area (Å²) >= 11 is 0. The fourth-order valence-corrected chi connectivity index (χ4v) is 5.18. The number of likely N-dealkylation sites (tertiary alicyclic amines) is 1. The normalized spacial score (nSPS) is 13.6. The van der Waals surface area contributed by atoms with Crippen molar-refractivity contribution >= 4 is 22.5 Å². The van der Waals surface area contributed by atoms with Gasteiger partial charge < -0.3 is 15.2 Å². The SMILES string of the molecule is C#CCC(=C)c1c(-c2ccccc2NC(=C)c2ccc(CCCN3CCCCC3)cc2)c[nH]c1C(=C)C. The van der Waals surface area contributed by atoms with Gasteiger partial charge in [-0.2, -0.15) is 0 Å². The van der Waals surface area contributed by atoms with Gasteiger partial charge in [-0.1, -0.05) is 68.6 Å². The first-order valence-electron chi connectivity index (χ1n) is 13.3. The predicted octanol–water partition coefficient (Wildman–Crippen LogP) is 8.25. The molecule has 0 spiro atoms. The molecule has 1 saturated heterocycles. The van der Waals surface area contributed by atoms with Crippen molar-refractivity contribution in [3.05, 3.63) is 96.8 Å². The van der Waals surface area contributed by atoms with Gasteiger partial charge in [-0.3, -0.25) is 0 Å². The van der Waals surface area contributed by atoms with E-state index < -0.39 is 0 Å². The molecule has 3 nitrogen and oxygen atoms in total. The highest BCUT2D eigenvalue weighted by molar-refractivity contribution is 5.93. The zero-order valence-electron chi connectivity index (χ0n) is 22.2. The minimum atomic E-state index is 0.484. The Labute approximate surface area is 223 Å². The van der Waals surface area contributed by atoms with E-state index in [1.165, 1.54) is 50.9 Å². The molecule has 1 aliphatic heterocycles. The number of aromatic nitrogens is 1. The van der Waals surface area contributed by atoms with Gasteiger partial charge >= 0.3 is 0 Å². The van der Waals surface area contributed by atoms with Crippen LogP contribution in [0.1, 0.15) is 61.4 Å². The number of anilines is 1. The molecule has 1 fully saturated rings. The van der Waals surface area contributed by atoms with E-state index in [1.807, 2.05) is 25.3 Å². The zero-order chi connectivity index (χ0) is 26.2. The number of aromatic amines is 1. The molecule has 1 aromatic heterocycles. The van der Waals surface area contributed by atoms with Gasteiger partial charge in [-0.25, -0.2) is 0 Å². The fraction of sp³-hybridized carbons (Fsp3) is 0.294. The molecule has 0 unspecified atom stereocenters. The van der Waals surface area contributed by atoms with Crippen LogP contribution in [0.2, 0.25) is 0 Å². The number of hydrogen-bond donors (Lipinski definition) is 2. The van der Waals surface area contributed by atoms with Crippen molar-refractivity contribution in [2.45, 2.75) is 45.4 Å². The number of H-pyrrole nitrogens is 1. The topological polar surface area (TPSA) is 31.1 Å². The molecule has 0 radical (unpaired) electrons. The quantitative estimate of drug-likeness (QED) is 0.266. The lowest BCUT2D eigenvalue weighted by Crippen LogP contribution is -2.30. The zero-order valence-corrected chi connectivity index (χ0v) is 22.2. The molecule has 3 aromatic rings. The summed E-state index contributed by atoms with van der Waals surface area (Å²) < 4.78 is 0. The highest BCUT2D eigenvalue weighted by Crippen LogP contribution is 2.39. The molecule has 3 heteroatoms. The number of aryl methyl sites for hydroxylation is 1. The van der Waals surface area contributed by atoms with Crippen molar-refractivity contribution in [2.75, 3.05) is 25.0 Å². The average molecular weight is 490 g/mol. The lowest BCUT2D eigenvalue weighted by Gasteiger charge is -2.26. The van der Waals surface area contributed by atoms with E-state index in [9.17, 15) is 0 Å². The predicted molar refractivity (Wildman–Crippen MR) is 161 cm³/mol. The van der Waals surface area contributed by atoms with Crippen LogP contribution < -0.4 is 5.32 Å². The van der Waals surface area contributed by atoms with E-state index in [0.29, 0.717) is 6.42 Å². The van der Waals surface area contributed by atoms with Gasteiger partial charge in [0.1, 0.15) is 0 Å². The Morgan fingerprint density at radius 2 is 1.73 bits per heavy atom. The van der Waals surface area contributed by atoms with Crippen LogP contribution in [0.25, 0.3) is 28.0 Å². The Balaban J connectivity index is 1.47. The van der Waals surface area contributed by atoms with Crippen molar-refractivity contribution in [2.24, 2.45) is 0 Å². The standard InChI is InChI=1S/C34H39N3/c1-6-13-26(4)33-31(24-35-34(33)25(2)3)30-15-8-9-16-32(30)36-27(5)29-19-17-28(18-20-29)14-12-23-37-21-10-7-11-22-37/h1,8-9,15-20,24,35-36H,2,4-5,7,10-14,21-23H2,3H3. The number of benzene rings is 2. The maximum Gasteiger partial charge on any atom is 0.0487 e. The highest BCUT2D eigenvalue weighted by atomic mass is 15.1. The summed E-state index contributed by atoms with van der Waals surface area (Å²) in [5, 5.41) is 3.56. The van der Waals surface area contributed by atoms with Gasteiger partial charge in [-0.05, 0) is 80.6 Å². The Kier molecular flexibility index (Phi) is 8.88. The highest BCUT2D eigenvalue weighted by Gasteiger charge is 2.18. The van der Waals surface area contributed by atoms with Gasteiger partial charge in [0.25, 0.3) is 0 Å². The van der Waals surface area contributed by atoms with Gasteiger partial charge in [-0.15, -0.1) is 12.3 Å². The fourth-order valence-electron chi connectivity index (χ4n) is 5.18. The van der Waals surface area contributed by atoms with Crippen LogP contribution in [0.3, 0.4) is 0 Å². The molecule has 2 aromatic carbocycles. The number of para-hydroxylation sites is 1. The first kappa shape index (κ1) is 26.3. The molecule has 2 heterocycles. The van der Waals surface area contributed by atoms with Crippen LogP contribution in [-0.2, 0) is 6.42 Å². The Bertz CT molecular complexity index is 1290. The van der Waals surface area contributed by atoms with Crippen molar-refractivity contribution in [1.29, 1.82) is 0 Å². The maximum absolute atomic E-state index is 5.61. The van der Waals surface area contributed by atoms with Crippen LogP contribution in [0, 0.1) is 12.3 Å². The minimum absolute atomic E-state index is 0.484. The number of rotatable bonds is 11. The van der Waals surface area contributed by atoms with Gasteiger partial charge in [0.15, 0.2) is 0 Å². The lowest BCUT2D eigenvalue weighted by atomic mass is 9.93. The third kappa shape index (κ3) is 6.53. The largest absolute Gasteiger partial charge is 0.360 e. The molecule has 2 N–H and O–H groups in total. The van der Waals surface area contributed by atoms with E-state index in [-0.39, 0.29) is 0 Å². The summed E-state index contributed by atoms with van der Waals surface area (Å²) in [6.45, 7) is 18.5. The van der Waals surface area contributed by atoms with Crippen LogP contribution in [0.5, 0.6) is 0 Å². The van der Waals surface area contributed by atoms with Gasteiger partial charge in [0.05, 0.1) is 0 Å². The summed E-state index contributed by atoms with van der Waals surface area (Å²) in [4.78, 5) is 5.99. The summed E-state index contributed by atoms with van der Waals surface area (Å²) in [5.41, 5.74) is 10.3. The molecule has 0 atom stereocenters. The van der Waals surface area contributed by atoms with Gasteiger partial charge in [0.2, 0.25) is 0 Å². The molecule has 37 heavy (non-hydrogen) atoms. The summed E-state index contributed by atoms with van der Waals surface area (Å²) in [6.07, 6.45) is 14.5. The Morgan fingerprint density at radius 3 is 2.43 bits per heavy atom. The summed E-state index contributed by atoms with van der Waals surface area (Å²) in [5.74, 6) is 2.73. The lowest BCUT2D eigenvalue weighted by molar-refractivity contribution is 0.226. The second-order valence-electron chi connectivity index (χ2n) is 10.1. The van der Waals surface area contributed by atoms with Crippen LogP contribution in [0.15, 0.2) is 74.5 Å². The van der Waals surface area contributed by atoms with Crippen molar-refractivity contribution < 1.29 is 0 Å². The number of nitrogens with zero attached hydrogens (tertiary/aromatic N) is 1. The third-order valence-corrected chi connectivity index (χ3v) is 7.17. The van der Waals surface area contributed by atoms with Crippen LogP contribution in [-0.4, -0.2) is 29.5 Å². The second kappa shape index (κ2) is 12.5. The second-order valence-corrected chi connectivity index (χ2v) is 10.1. The molecular formula is C34H39N3. The average Bonchev–Trinajstić information content (AvgIpc) is 3.36. The Hall–Kier alpha value is -3.74. The molecule has 0 saturated carbocycles. The summed E-state index contributed by atoms with van der Waals surface area (Å²) in [6, 6.07) is 17.1. The monoisotopic (exact) mass is 489 g/mol. The maximum atomic E-state index is 5.61. The minimum Gasteiger partial charge on any atom is -0.360 e. The smallest absolute Gasteiger partial charge is 0.0487 e. The van der Waals surface area contributed by atoms with Crippen molar-refractivity contribution in [3.8, 4) is 23.5 Å². The molecule has 0 amide bonds. The van der Waals surface area contributed by atoms with E-state index in [2.05, 4.69) is 77.3 Å². The summed E-state index contributed by atoms with van der Waals surface area (Å²) in [7, 11) is 0. The molecular weight excluding hydrogens is 450 g/mol. The van der Waals surface area contributed by atoms with Crippen molar-refractivity contribution in [1.82, 2.24) is 9.88 Å². The number of nitrogens with one attached hydrogen (secondary N) is 2. The third-order valence-electron chi connectivity index (χ3n) is 7.17. The molecule has 0 aliphatic carbocycles. The van der Waals surface area contributed by atoms with E-state index in [0.717, 1.165) is 56.9 Å². The first-order valence-corrected chi connectivity index (χ1v) is 13.3. The van der Waals surface area contributed by atoms with E-state index in [1.54, 1.807) is 0 Å². The van der Waals surface area contributed by atoms with E-state index >= 15 is 0 Å². The molecule has 190 valence electrons. The molecule has 4 rings (SSSR count). The Morgan fingerprint density at radius 1 is 1.00 bits per heavy atom. The molecule has 1 aliphatic rings. The van der Waals surface area contributed by atoms with Crippen LogP contribution in [0.4, 0.5) is 5.69 Å². The van der Waals surface area contributed by atoms with E-state index in [4.69, 9.17) is 6.42 Å². The number of piperidine rings is 1. The number of hydrogen-bond acceptors (Lipinski definition) is 2. The first-order chi connectivity index (χ1) is 18.0. The number of allylic oxidation sites excluding steroid dienone is 2. The molecule has 0 bridgehead atoms. The number of terminal acetylenes is 1.